The van der Waals surface area contributed by atoms with Crippen molar-refractivity contribution in [1.82, 2.24) is 0 Å². The lowest BCUT2D eigenvalue weighted by molar-refractivity contribution is -0.348. The zero-order chi connectivity index (χ0) is 39.1. The molecule has 4 aliphatic carbocycles. The van der Waals surface area contributed by atoms with Crippen molar-refractivity contribution in [3.8, 4) is 0 Å². The summed E-state index contributed by atoms with van der Waals surface area (Å²) in [5.41, 5.74) is -3.89. The van der Waals surface area contributed by atoms with Gasteiger partial charge in [-0.2, -0.15) is 65.5 Å². The van der Waals surface area contributed by atoms with E-state index in [1.165, 1.54) is 0 Å². The summed E-state index contributed by atoms with van der Waals surface area (Å²) in [6.45, 7) is -6.21. The maximum atomic E-state index is 14.0. The maximum Gasteiger partial charge on any atom is 0.465 e. The number of rotatable bonds is 12. The Bertz CT molecular complexity index is 1500. The Morgan fingerprint density at radius 2 is 1.18 bits per heavy atom. The number of esters is 3. The second kappa shape index (κ2) is 12.8. The van der Waals surface area contributed by atoms with E-state index in [2.05, 4.69) is 9.47 Å². The normalized spacial score (nSPS) is 31.8. The number of carbonyl (C=O) groups is 3. The van der Waals surface area contributed by atoms with Gasteiger partial charge in [-0.25, -0.2) is 18.8 Å². The lowest BCUT2D eigenvalue weighted by atomic mass is 9.53. The molecule has 1 N–H and O–H groups in total. The van der Waals surface area contributed by atoms with Crippen LogP contribution in [-0.2, 0) is 38.7 Å². The van der Waals surface area contributed by atoms with Crippen LogP contribution in [0, 0.1) is 23.2 Å². The molecule has 2 unspecified atom stereocenters. The lowest BCUT2D eigenvalue weighted by Gasteiger charge is -2.65. The summed E-state index contributed by atoms with van der Waals surface area (Å²) in [7, 11) is -6.23. The predicted molar refractivity (Wildman–Crippen MR) is 143 cm³/mol. The highest BCUT2D eigenvalue weighted by molar-refractivity contribution is 8.18. The molecular formula is C25H24F14O9S3. The largest absolute Gasteiger partial charge is 0.465 e. The summed E-state index contributed by atoms with van der Waals surface area (Å²) in [6, 6.07) is 0. The van der Waals surface area contributed by atoms with Crippen LogP contribution in [0.3, 0.4) is 0 Å². The molecule has 26 heteroatoms. The highest BCUT2D eigenvalue weighted by Gasteiger charge is 2.77. The number of ether oxygens (including phenoxy) is 3. The number of alkyl halides is 14. The van der Waals surface area contributed by atoms with Crippen molar-refractivity contribution < 1.29 is 103 Å². The fraction of sp³-hybridized carbons (Fsp3) is 0.880. The van der Waals surface area contributed by atoms with Gasteiger partial charge >= 0.3 is 63.1 Å². The second-order valence-electron chi connectivity index (χ2n) is 12.9. The minimum Gasteiger partial charge on any atom is -0.460 e. The SMILES string of the molecule is O=C(OCC1(COC(=O)C(F)(F)C(F)(F)C(F)(F)F)CSC2(SC1)C1CC3CC2CC(OC(=O)C(F)(F)S(=O)(=O)O)(C3)C1)C(F)(F)C(F)(F)CF. The Morgan fingerprint density at radius 1 is 0.725 bits per heavy atom. The van der Waals surface area contributed by atoms with E-state index in [4.69, 9.17) is 9.29 Å². The van der Waals surface area contributed by atoms with Gasteiger partial charge in [0.05, 0.1) is 9.49 Å². The van der Waals surface area contributed by atoms with E-state index >= 15 is 0 Å². The molecule has 5 aliphatic rings. The van der Waals surface area contributed by atoms with Crippen LogP contribution < -0.4 is 0 Å². The Labute approximate surface area is 285 Å². The van der Waals surface area contributed by atoms with Gasteiger partial charge in [0.2, 0.25) is 0 Å². The number of hydrogen-bond donors (Lipinski definition) is 1. The van der Waals surface area contributed by atoms with Crippen LogP contribution in [0.1, 0.15) is 32.1 Å². The van der Waals surface area contributed by atoms with Crippen molar-refractivity contribution in [2.45, 2.75) is 76.9 Å². The maximum absolute atomic E-state index is 14.0. The first-order valence-electron chi connectivity index (χ1n) is 14.2. The van der Waals surface area contributed by atoms with Crippen LogP contribution in [0.4, 0.5) is 61.5 Å². The monoisotopic (exact) mass is 830 g/mol. The van der Waals surface area contributed by atoms with Crippen LogP contribution in [0.25, 0.3) is 0 Å². The van der Waals surface area contributed by atoms with Gasteiger partial charge in [-0.1, -0.05) is 0 Å². The molecule has 0 amide bonds. The molecule has 1 heterocycles. The standard InChI is InChI=1S/C25H24F14O9S3/c26-6-19(27,28)21(29,30)14(40)46-7-17(8-47-15(41)22(31,32)24(35,36)25(37,38)39)9-49-20(50-10-17)12-1-11-2-13(20)5-18(3-11,4-12)48-16(42)23(33,34)51(43,44)45/h11-13H,1-10H2,(H,43,44,45). The summed E-state index contributed by atoms with van der Waals surface area (Å²) < 4.78 is 231. The van der Waals surface area contributed by atoms with Gasteiger partial charge in [-0.05, 0) is 49.9 Å². The quantitative estimate of drug-likeness (QED) is 0.109. The van der Waals surface area contributed by atoms with E-state index in [-0.39, 0.29) is 25.2 Å². The van der Waals surface area contributed by atoms with E-state index in [1.807, 2.05) is 0 Å². The first-order chi connectivity index (χ1) is 22.9. The van der Waals surface area contributed by atoms with Crippen molar-refractivity contribution in [3.63, 3.8) is 0 Å². The molecule has 2 atom stereocenters. The second-order valence-corrected chi connectivity index (χ2v) is 17.1. The Balaban J connectivity index is 1.57. The molecule has 51 heavy (non-hydrogen) atoms. The molecule has 1 spiro atoms. The fourth-order valence-electron chi connectivity index (χ4n) is 6.79. The molecule has 5 fully saturated rings. The highest BCUT2D eigenvalue weighted by atomic mass is 32.2. The van der Waals surface area contributed by atoms with Crippen LogP contribution >= 0.6 is 23.5 Å². The van der Waals surface area contributed by atoms with Crippen molar-refractivity contribution in [2.24, 2.45) is 23.2 Å². The van der Waals surface area contributed by atoms with Crippen molar-refractivity contribution in [3.05, 3.63) is 0 Å². The summed E-state index contributed by atoms with van der Waals surface area (Å²) in [4.78, 5) is 35.9. The average Bonchev–Trinajstić information content (AvgIpc) is 3.00. The minimum atomic E-state index is -6.97. The number of halogens is 14. The molecule has 4 bridgehead atoms. The van der Waals surface area contributed by atoms with E-state index in [9.17, 15) is 84.3 Å². The summed E-state index contributed by atoms with van der Waals surface area (Å²) in [5.74, 6) is -36.8. The first kappa shape index (κ1) is 41.8. The van der Waals surface area contributed by atoms with Crippen molar-refractivity contribution in [2.75, 3.05) is 31.4 Å². The van der Waals surface area contributed by atoms with Crippen LogP contribution in [-0.4, -0.2) is 107 Å². The Morgan fingerprint density at radius 3 is 1.59 bits per heavy atom. The van der Waals surface area contributed by atoms with E-state index < -0.39 is 121 Å². The molecule has 0 aromatic heterocycles. The number of carbonyl (C=O) groups excluding carboxylic acids is 3. The summed E-state index contributed by atoms with van der Waals surface area (Å²) in [6.07, 6.45) is -6.74. The number of thioether (sulfide) groups is 2. The van der Waals surface area contributed by atoms with Crippen molar-refractivity contribution in [1.29, 1.82) is 0 Å². The third-order valence-corrected chi connectivity index (χ3v) is 14.5. The number of hydrogen-bond acceptors (Lipinski definition) is 10. The zero-order valence-corrected chi connectivity index (χ0v) is 27.5. The zero-order valence-electron chi connectivity index (χ0n) is 25.0. The third kappa shape index (κ3) is 6.95. The Hall–Kier alpha value is -1.96. The van der Waals surface area contributed by atoms with Crippen LogP contribution in [0.15, 0.2) is 0 Å². The molecule has 0 aromatic rings. The van der Waals surface area contributed by atoms with Gasteiger partial charge in [-0.3, -0.25) is 4.55 Å². The molecular weight excluding hydrogens is 806 g/mol. The molecule has 1 saturated heterocycles. The van der Waals surface area contributed by atoms with Crippen molar-refractivity contribution >= 4 is 51.5 Å². The summed E-state index contributed by atoms with van der Waals surface area (Å²) >= 11 is 1.64. The first-order valence-corrected chi connectivity index (χ1v) is 17.6. The molecule has 0 aromatic carbocycles. The van der Waals surface area contributed by atoms with Gasteiger partial charge in [0.25, 0.3) is 0 Å². The van der Waals surface area contributed by atoms with Gasteiger partial charge in [-0.15, -0.1) is 23.5 Å². The molecule has 0 radical (unpaired) electrons. The van der Waals surface area contributed by atoms with Gasteiger partial charge in [0, 0.05) is 11.5 Å². The molecule has 1 aliphatic heterocycles. The van der Waals surface area contributed by atoms with E-state index in [0.29, 0.717) is 12.8 Å². The molecule has 294 valence electrons. The minimum absolute atomic E-state index is 0.00302. The van der Waals surface area contributed by atoms with Gasteiger partial charge in [0.1, 0.15) is 18.8 Å². The topological polar surface area (TPSA) is 133 Å². The van der Waals surface area contributed by atoms with E-state index in [0.717, 1.165) is 23.5 Å². The fourth-order valence-corrected chi connectivity index (χ4v) is 11.1. The average molecular weight is 831 g/mol. The van der Waals surface area contributed by atoms with Gasteiger partial charge < -0.3 is 14.2 Å². The lowest BCUT2D eigenvalue weighted by Crippen LogP contribution is -2.64. The molecule has 4 saturated carbocycles. The summed E-state index contributed by atoms with van der Waals surface area (Å²) in [5, 5.41) is -5.33. The Kier molecular flexibility index (Phi) is 10.5. The van der Waals surface area contributed by atoms with E-state index in [1.54, 1.807) is 0 Å². The highest BCUT2D eigenvalue weighted by Crippen LogP contribution is 2.71. The van der Waals surface area contributed by atoms with Gasteiger partial charge in [0.15, 0.2) is 6.67 Å². The van der Waals surface area contributed by atoms with Crippen LogP contribution in [0.2, 0.25) is 0 Å². The molecule has 5 rings (SSSR count). The smallest absolute Gasteiger partial charge is 0.460 e. The third-order valence-electron chi connectivity index (χ3n) is 9.26. The predicted octanol–water partition coefficient (Wildman–Crippen LogP) is 5.91. The van der Waals surface area contributed by atoms with Crippen LogP contribution in [0.5, 0.6) is 0 Å². The molecule has 9 nitrogen and oxygen atoms in total.